The Bertz CT molecular complexity index is 315. The second-order valence-electron chi connectivity index (χ2n) is 2.55. The molecule has 72 valence electrons. The van der Waals surface area contributed by atoms with Crippen molar-refractivity contribution in [2.45, 2.75) is 20.0 Å². The van der Waals surface area contributed by atoms with E-state index in [0.29, 0.717) is 6.20 Å². The van der Waals surface area contributed by atoms with Gasteiger partial charge in [-0.3, -0.25) is 4.98 Å². The summed E-state index contributed by atoms with van der Waals surface area (Å²) in [5, 5.41) is 8.69. The summed E-state index contributed by atoms with van der Waals surface area (Å²) in [6, 6.07) is 0. The molecule has 0 radical (unpaired) electrons. The third-order valence-electron chi connectivity index (χ3n) is 1.80. The molecular formula is C8H8F3NO. The number of alkyl halides is 2. The van der Waals surface area contributed by atoms with Gasteiger partial charge in [0.25, 0.3) is 6.43 Å². The van der Waals surface area contributed by atoms with E-state index in [1.165, 1.54) is 6.92 Å². The topological polar surface area (TPSA) is 33.1 Å². The van der Waals surface area contributed by atoms with E-state index in [-0.39, 0.29) is 11.3 Å². The van der Waals surface area contributed by atoms with Crippen LogP contribution < -0.4 is 0 Å². The van der Waals surface area contributed by atoms with Crippen LogP contribution in [0.15, 0.2) is 6.20 Å². The molecule has 0 aromatic carbocycles. The molecule has 1 aromatic heterocycles. The number of rotatable bonds is 2. The molecule has 0 bridgehead atoms. The van der Waals surface area contributed by atoms with Crippen molar-refractivity contribution >= 4 is 0 Å². The van der Waals surface area contributed by atoms with E-state index in [2.05, 4.69) is 4.98 Å². The number of aliphatic hydroxyl groups is 1. The van der Waals surface area contributed by atoms with Crippen LogP contribution >= 0.6 is 0 Å². The average Bonchev–Trinajstić information content (AvgIpc) is 2.04. The second-order valence-corrected chi connectivity index (χ2v) is 2.55. The first-order valence-corrected chi connectivity index (χ1v) is 3.60. The highest BCUT2D eigenvalue weighted by molar-refractivity contribution is 5.30. The molecule has 1 aromatic rings. The Hall–Kier alpha value is -1.10. The quantitative estimate of drug-likeness (QED) is 0.775. The summed E-state index contributed by atoms with van der Waals surface area (Å²) in [7, 11) is 0. The molecule has 0 amide bonds. The minimum atomic E-state index is -2.88. The summed E-state index contributed by atoms with van der Waals surface area (Å²) in [4.78, 5) is 3.48. The molecule has 1 rings (SSSR count). The van der Waals surface area contributed by atoms with Gasteiger partial charge in [0.1, 0.15) is 0 Å². The molecule has 0 fully saturated rings. The van der Waals surface area contributed by atoms with Gasteiger partial charge in [-0.1, -0.05) is 0 Å². The molecule has 2 nitrogen and oxygen atoms in total. The lowest BCUT2D eigenvalue weighted by Gasteiger charge is -2.08. The fraction of sp³-hybridized carbons (Fsp3) is 0.375. The van der Waals surface area contributed by atoms with Crippen molar-refractivity contribution in [3.63, 3.8) is 0 Å². The number of halogens is 3. The van der Waals surface area contributed by atoms with Crippen LogP contribution in [0.2, 0.25) is 0 Å². The minimum absolute atomic E-state index is 0.0116. The zero-order valence-electron chi connectivity index (χ0n) is 6.89. The Morgan fingerprint density at radius 1 is 1.54 bits per heavy atom. The van der Waals surface area contributed by atoms with Crippen LogP contribution in [0.1, 0.15) is 23.2 Å². The normalized spacial score (nSPS) is 10.9. The van der Waals surface area contributed by atoms with Crippen molar-refractivity contribution in [3.05, 3.63) is 28.8 Å². The highest BCUT2D eigenvalue weighted by atomic mass is 19.3. The molecule has 0 saturated heterocycles. The number of hydrogen-bond donors (Lipinski definition) is 1. The van der Waals surface area contributed by atoms with Crippen LogP contribution in [-0.2, 0) is 6.61 Å². The van der Waals surface area contributed by atoms with E-state index in [1.807, 2.05) is 0 Å². The Balaban J connectivity index is 3.30. The number of hydrogen-bond acceptors (Lipinski definition) is 2. The first-order chi connectivity index (χ1) is 6.07. The lowest BCUT2D eigenvalue weighted by molar-refractivity contribution is 0.144. The molecular weight excluding hydrogens is 183 g/mol. The molecule has 0 atom stereocenters. The number of pyridine rings is 1. The van der Waals surface area contributed by atoms with Gasteiger partial charge in [-0.15, -0.1) is 0 Å². The molecule has 0 saturated carbocycles. The maximum Gasteiger partial charge on any atom is 0.267 e. The molecule has 0 aliphatic heterocycles. The number of aromatic nitrogens is 1. The van der Waals surface area contributed by atoms with Crippen molar-refractivity contribution < 1.29 is 18.3 Å². The average molecular weight is 191 g/mol. The number of nitrogens with zero attached hydrogens (tertiary/aromatic N) is 1. The lowest BCUT2D eigenvalue weighted by atomic mass is 10.1. The monoisotopic (exact) mass is 191 g/mol. The van der Waals surface area contributed by atoms with Crippen molar-refractivity contribution in [1.82, 2.24) is 4.98 Å². The van der Waals surface area contributed by atoms with Gasteiger partial charge in [0.2, 0.25) is 0 Å². The maximum atomic E-state index is 12.8. The van der Waals surface area contributed by atoms with Crippen LogP contribution in [0.3, 0.4) is 0 Å². The summed E-state index contributed by atoms with van der Waals surface area (Å²) in [5.74, 6) is -1.04. The smallest absolute Gasteiger partial charge is 0.267 e. The van der Waals surface area contributed by atoms with Crippen LogP contribution in [0.4, 0.5) is 13.2 Å². The predicted octanol–water partition coefficient (Wildman–Crippen LogP) is 1.96. The largest absolute Gasteiger partial charge is 0.390 e. The van der Waals surface area contributed by atoms with Crippen LogP contribution in [0.5, 0.6) is 0 Å². The van der Waals surface area contributed by atoms with Crippen LogP contribution in [-0.4, -0.2) is 10.1 Å². The van der Waals surface area contributed by atoms with Gasteiger partial charge in [-0.25, -0.2) is 13.2 Å². The van der Waals surface area contributed by atoms with Crippen LogP contribution in [0, 0.1) is 12.7 Å². The molecule has 0 spiro atoms. The molecule has 1 N–H and O–H groups in total. The van der Waals surface area contributed by atoms with Gasteiger partial charge >= 0.3 is 0 Å². The Labute approximate surface area is 73.0 Å². The highest BCUT2D eigenvalue weighted by Crippen LogP contribution is 2.26. The van der Waals surface area contributed by atoms with Crippen molar-refractivity contribution in [2.75, 3.05) is 0 Å². The second kappa shape index (κ2) is 3.74. The Morgan fingerprint density at radius 2 is 2.15 bits per heavy atom. The first-order valence-electron chi connectivity index (χ1n) is 3.60. The van der Waals surface area contributed by atoms with Crippen molar-refractivity contribution in [3.8, 4) is 0 Å². The van der Waals surface area contributed by atoms with E-state index < -0.39 is 24.4 Å². The van der Waals surface area contributed by atoms with Crippen molar-refractivity contribution in [2.24, 2.45) is 0 Å². The molecule has 5 heteroatoms. The standard InChI is InChI=1S/C8H8F3NO/c1-4-6(3-13)12-2-5(9)7(4)8(10)11/h2,8,13H,3H2,1H3. The van der Waals surface area contributed by atoms with E-state index in [9.17, 15) is 13.2 Å². The summed E-state index contributed by atoms with van der Waals surface area (Å²) in [6.45, 7) is 0.842. The fourth-order valence-electron chi connectivity index (χ4n) is 1.06. The molecule has 0 aliphatic rings. The van der Waals surface area contributed by atoms with Gasteiger partial charge in [0.05, 0.1) is 24.1 Å². The maximum absolute atomic E-state index is 12.8. The lowest BCUT2D eigenvalue weighted by Crippen LogP contribution is -2.02. The minimum Gasteiger partial charge on any atom is -0.390 e. The molecule has 0 unspecified atom stereocenters. The van der Waals surface area contributed by atoms with E-state index in [0.717, 1.165) is 0 Å². The molecule has 13 heavy (non-hydrogen) atoms. The summed E-state index contributed by atoms with van der Waals surface area (Å²) >= 11 is 0. The summed E-state index contributed by atoms with van der Waals surface area (Å²) in [5.41, 5.74) is -0.590. The Kier molecular flexibility index (Phi) is 2.87. The van der Waals surface area contributed by atoms with Crippen molar-refractivity contribution in [1.29, 1.82) is 0 Å². The van der Waals surface area contributed by atoms with Gasteiger partial charge in [0, 0.05) is 0 Å². The van der Waals surface area contributed by atoms with E-state index in [1.54, 1.807) is 0 Å². The van der Waals surface area contributed by atoms with E-state index >= 15 is 0 Å². The van der Waals surface area contributed by atoms with E-state index in [4.69, 9.17) is 5.11 Å². The third kappa shape index (κ3) is 1.80. The fourth-order valence-corrected chi connectivity index (χ4v) is 1.06. The summed E-state index contributed by atoms with van der Waals surface area (Å²) < 4.78 is 37.3. The highest BCUT2D eigenvalue weighted by Gasteiger charge is 2.18. The van der Waals surface area contributed by atoms with Gasteiger partial charge in [0.15, 0.2) is 5.82 Å². The SMILES string of the molecule is Cc1c(CO)ncc(F)c1C(F)F. The Morgan fingerprint density at radius 3 is 2.62 bits per heavy atom. The van der Waals surface area contributed by atoms with Gasteiger partial charge < -0.3 is 5.11 Å². The van der Waals surface area contributed by atoms with Crippen LogP contribution in [0.25, 0.3) is 0 Å². The predicted molar refractivity (Wildman–Crippen MR) is 39.8 cm³/mol. The number of aliphatic hydroxyl groups excluding tert-OH is 1. The third-order valence-corrected chi connectivity index (χ3v) is 1.80. The van der Waals surface area contributed by atoms with Gasteiger partial charge in [-0.05, 0) is 12.5 Å². The van der Waals surface area contributed by atoms with Gasteiger partial charge in [-0.2, -0.15) is 0 Å². The summed E-state index contributed by atoms with van der Waals surface area (Å²) in [6.07, 6.45) is -2.19. The molecule has 1 heterocycles. The zero-order chi connectivity index (χ0) is 10.0. The zero-order valence-corrected chi connectivity index (χ0v) is 6.89. The first kappa shape index (κ1) is 9.98. The molecule has 0 aliphatic carbocycles.